The number of amides is 4. The molecule has 50 heavy (non-hydrogen) atoms. The monoisotopic (exact) mass is 745 g/mol. The number of hydrogen-bond acceptors (Lipinski definition) is 9. The predicted octanol–water partition coefficient (Wildman–Crippen LogP) is 3.66. The largest absolute Gasteiger partial charge is 0.465 e. The van der Waals surface area contributed by atoms with Gasteiger partial charge in [0.25, 0.3) is 0 Å². The van der Waals surface area contributed by atoms with Crippen molar-refractivity contribution in [1.82, 2.24) is 39.8 Å². The number of carbonyl (C=O) groups is 5. The number of fused-ring (bicyclic) bond motifs is 2. The SMILES string of the molecule is CC(=O)c1nn(CC(=O)N2C3CC3(N(C)C(=O)[C@@H](NC(=O)O)C(C)C)C[C@H]2C(=O)Nc2cccc(Br)n2)c2ccc(-c3cnc(C)nc3)cc12. The van der Waals surface area contributed by atoms with E-state index >= 15 is 0 Å². The normalized spacial score (nSPS) is 19.9. The van der Waals surface area contributed by atoms with Crippen molar-refractivity contribution in [3.8, 4) is 11.1 Å². The zero-order valence-corrected chi connectivity index (χ0v) is 29.6. The van der Waals surface area contributed by atoms with Crippen molar-refractivity contribution in [3.05, 3.63) is 64.9 Å². The van der Waals surface area contributed by atoms with Crippen LogP contribution in [0.15, 0.2) is 53.4 Å². The molecule has 1 saturated carbocycles. The minimum atomic E-state index is -1.33. The van der Waals surface area contributed by atoms with Crippen LogP contribution in [0.1, 0.15) is 49.9 Å². The summed E-state index contributed by atoms with van der Waals surface area (Å²) in [4.78, 5) is 81.9. The first-order valence-electron chi connectivity index (χ1n) is 16.0. The minimum absolute atomic E-state index is 0.129. The summed E-state index contributed by atoms with van der Waals surface area (Å²) in [5.74, 6) is -1.10. The fraction of sp³-hybridized carbons (Fsp3) is 0.382. The molecule has 2 aliphatic rings. The maximum atomic E-state index is 14.3. The molecule has 4 heterocycles. The van der Waals surface area contributed by atoms with Gasteiger partial charge in [0, 0.05) is 43.7 Å². The van der Waals surface area contributed by atoms with Crippen LogP contribution in [0.2, 0.25) is 0 Å². The van der Waals surface area contributed by atoms with E-state index in [1.54, 1.807) is 64.5 Å². The van der Waals surface area contributed by atoms with E-state index in [0.717, 1.165) is 11.1 Å². The third kappa shape index (κ3) is 6.42. The molecule has 0 spiro atoms. The number of halogens is 1. The van der Waals surface area contributed by atoms with E-state index in [-0.39, 0.29) is 36.2 Å². The van der Waals surface area contributed by atoms with E-state index in [1.165, 1.54) is 21.4 Å². The Hall–Kier alpha value is -5.25. The van der Waals surface area contributed by atoms with Crippen molar-refractivity contribution in [2.24, 2.45) is 5.92 Å². The molecule has 3 aromatic heterocycles. The second kappa shape index (κ2) is 13.2. The van der Waals surface area contributed by atoms with E-state index in [2.05, 4.69) is 46.6 Å². The summed E-state index contributed by atoms with van der Waals surface area (Å²) in [5, 5.41) is 19.6. The number of carboxylic acid groups (broad SMARTS) is 1. The minimum Gasteiger partial charge on any atom is -0.465 e. The van der Waals surface area contributed by atoms with Gasteiger partial charge in [-0.25, -0.2) is 19.7 Å². The first-order valence-corrected chi connectivity index (χ1v) is 16.8. The van der Waals surface area contributed by atoms with Crippen LogP contribution in [-0.4, -0.2) is 99.9 Å². The Kier molecular flexibility index (Phi) is 9.15. The summed E-state index contributed by atoms with van der Waals surface area (Å²) in [7, 11) is 1.58. The zero-order valence-electron chi connectivity index (χ0n) is 28.0. The quantitative estimate of drug-likeness (QED) is 0.159. The first-order chi connectivity index (χ1) is 23.7. The number of nitrogens with zero attached hydrogens (tertiary/aromatic N) is 7. The lowest BCUT2D eigenvalue weighted by Crippen LogP contribution is -2.53. The van der Waals surface area contributed by atoms with Gasteiger partial charge in [-0.3, -0.25) is 23.9 Å². The molecular weight excluding hydrogens is 710 g/mol. The van der Waals surface area contributed by atoms with Crippen molar-refractivity contribution in [2.75, 3.05) is 12.4 Å². The van der Waals surface area contributed by atoms with Crippen LogP contribution in [0, 0.1) is 12.8 Å². The number of aryl methyl sites for hydroxylation is 1. The molecule has 6 rings (SSSR count). The van der Waals surface area contributed by atoms with Crippen LogP contribution in [-0.2, 0) is 20.9 Å². The molecule has 0 bridgehead atoms. The van der Waals surface area contributed by atoms with Gasteiger partial charge >= 0.3 is 6.09 Å². The van der Waals surface area contributed by atoms with Gasteiger partial charge in [-0.05, 0) is 65.0 Å². The molecule has 2 fully saturated rings. The topological polar surface area (TPSA) is 193 Å². The molecule has 3 N–H and O–H groups in total. The summed E-state index contributed by atoms with van der Waals surface area (Å²) >= 11 is 3.30. The summed E-state index contributed by atoms with van der Waals surface area (Å²) in [6.45, 7) is 6.38. The zero-order chi connectivity index (χ0) is 36.1. The molecule has 15 nitrogen and oxygen atoms in total. The average molecular weight is 747 g/mol. The highest BCUT2D eigenvalue weighted by molar-refractivity contribution is 9.10. The molecule has 4 aromatic rings. The average Bonchev–Trinajstić information content (AvgIpc) is 3.51. The highest BCUT2D eigenvalue weighted by Gasteiger charge is 2.70. The van der Waals surface area contributed by atoms with Gasteiger partial charge in [0.05, 0.1) is 17.1 Å². The van der Waals surface area contributed by atoms with Crippen molar-refractivity contribution in [2.45, 2.75) is 70.7 Å². The van der Waals surface area contributed by atoms with E-state index in [9.17, 15) is 29.1 Å². The van der Waals surface area contributed by atoms with Crippen LogP contribution in [0.25, 0.3) is 22.0 Å². The Morgan fingerprint density at radius 1 is 1.08 bits per heavy atom. The van der Waals surface area contributed by atoms with Crippen molar-refractivity contribution < 1.29 is 29.1 Å². The number of aromatic nitrogens is 5. The second-order valence-corrected chi connectivity index (χ2v) is 13.9. The molecule has 16 heteroatoms. The second-order valence-electron chi connectivity index (χ2n) is 13.1. The number of nitrogens with one attached hydrogen (secondary N) is 2. The van der Waals surface area contributed by atoms with Gasteiger partial charge in [0.2, 0.25) is 17.7 Å². The molecule has 1 saturated heterocycles. The van der Waals surface area contributed by atoms with Crippen LogP contribution in [0.5, 0.6) is 0 Å². The standard InChI is InChI=1S/C34H36BrN9O6/c1-17(2)29(40-33(49)50)32(48)42(5)34-12-24(31(47)39-27-8-6-7-26(35)38-27)44(25(34)13-34)28(46)16-43-23-10-9-20(21-14-36-19(4)37-15-21)11-22(23)30(41-43)18(3)45/h6-11,14-15,17,24-25,29,40H,12-13,16H2,1-5H3,(H,49,50)(H,38,39,47)/t24-,25?,29-,34?/m0/s1. The van der Waals surface area contributed by atoms with Crippen LogP contribution >= 0.6 is 15.9 Å². The van der Waals surface area contributed by atoms with E-state index in [1.807, 2.05) is 12.1 Å². The van der Waals surface area contributed by atoms with E-state index in [4.69, 9.17) is 0 Å². The van der Waals surface area contributed by atoms with E-state index in [0.29, 0.717) is 27.8 Å². The van der Waals surface area contributed by atoms with Crippen molar-refractivity contribution >= 4 is 62.2 Å². The van der Waals surface area contributed by atoms with Crippen LogP contribution < -0.4 is 10.6 Å². The Balaban J connectivity index is 1.33. The number of pyridine rings is 1. The number of piperidine rings is 1. The number of likely N-dealkylation sites (N-methyl/N-ethyl adjacent to an activating group) is 1. The Bertz CT molecular complexity index is 2030. The van der Waals surface area contributed by atoms with Gasteiger partial charge in [-0.15, -0.1) is 0 Å². The Morgan fingerprint density at radius 2 is 1.80 bits per heavy atom. The fourth-order valence-electron chi connectivity index (χ4n) is 6.82. The van der Waals surface area contributed by atoms with Gasteiger partial charge in [-0.1, -0.05) is 26.0 Å². The van der Waals surface area contributed by atoms with Crippen molar-refractivity contribution in [1.29, 1.82) is 0 Å². The number of likely N-dealkylation sites (tertiary alicyclic amines) is 1. The molecule has 1 aliphatic carbocycles. The molecule has 1 aliphatic heterocycles. The number of ketones is 1. The smallest absolute Gasteiger partial charge is 0.405 e. The van der Waals surface area contributed by atoms with E-state index < -0.39 is 47.5 Å². The number of carbonyl (C=O) groups excluding carboxylic acids is 4. The molecule has 260 valence electrons. The van der Waals surface area contributed by atoms with Gasteiger partial charge < -0.3 is 25.5 Å². The number of anilines is 1. The third-order valence-electron chi connectivity index (χ3n) is 9.48. The van der Waals surface area contributed by atoms with Crippen LogP contribution in [0.4, 0.5) is 10.6 Å². The highest BCUT2D eigenvalue weighted by atomic mass is 79.9. The maximum Gasteiger partial charge on any atom is 0.405 e. The predicted molar refractivity (Wildman–Crippen MR) is 185 cm³/mol. The molecular formula is C34H36BrN9O6. The summed E-state index contributed by atoms with van der Waals surface area (Å²) in [6.07, 6.45) is 2.59. The van der Waals surface area contributed by atoms with Crippen molar-refractivity contribution in [3.63, 3.8) is 0 Å². The van der Waals surface area contributed by atoms with Crippen LogP contribution in [0.3, 0.4) is 0 Å². The number of hydrogen-bond donors (Lipinski definition) is 3. The highest BCUT2D eigenvalue weighted by Crippen LogP contribution is 2.56. The third-order valence-corrected chi connectivity index (χ3v) is 9.92. The molecule has 4 amide bonds. The lowest BCUT2D eigenvalue weighted by molar-refractivity contribution is -0.138. The van der Waals surface area contributed by atoms with Gasteiger partial charge in [0.15, 0.2) is 5.78 Å². The summed E-state index contributed by atoms with van der Waals surface area (Å²) < 4.78 is 1.96. The fourth-order valence-corrected chi connectivity index (χ4v) is 7.16. The Morgan fingerprint density at radius 3 is 2.44 bits per heavy atom. The number of rotatable bonds is 10. The molecule has 2 unspecified atom stereocenters. The maximum absolute atomic E-state index is 14.3. The summed E-state index contributed by atoms with van der Waals surface area (Å²) in [6, 6.07) is 7.95. The lowest BCUT2D eigenvalue weighted by atomic mass is 10.00. The number of Topliss-reactive ketones (excluding diaryl/α,β-unsaturated/α-hetero) is 1. The Labute approximate surface area is 295 Å². The summed E-state index contributed by atoms with van der Waals surface area (Å²) in [5.41, 5.74) is 1.37. The van der Waals surface area contributed by atoms with Gasteiger partial charge in [-0.2, -0.15) is 5.10 Å². The van der Waals surface area contributed by atoms with Gasteiger partial charge in [0.1, 0.15) is 40.6 Å². The molecule has 1 aromatic carbocycles. The first kappa shape index (κ1) is 34.6. The number of benzene rings is 1. The molecule has 0 radical (unpaired) electrons. The molecule has 4 atom stereocenters. The lowest BCUT2D eigenvalue weighted by Gasteiger charge is -2.32.